The molecule has 0 atom stereocenters. The van der Waals surface area contributed by atoms with E-state index in [1.54, 1.807) is 4.90 Å². The predicted octanol–water partition coefficient (Wildman–Crippen LogP) is 3.11. The third-order valence-corrected chi connectivity index (χ3v) is 4.83. The first kappa shape index (κ1) is 28.7. The highest BCUT2D eigenvalue weighted by Gasteiger charge is 2.42. The molecule has 2 amide bonds. The lowest BCUT2D eigenvalue weighted by atomic mass is 9.84. The summed E-state index contributed by atoms with van der Waals surface area (Å²) in [6, 6.07) is 0. The highest BCUT2D eigenvalue weighted by atomic mass is 127. The fourth-order valence-electron chi connectivity index (χ4n) is 3.48. The van der Waals surface area contributed by atoms with Crippen molar-refractivity contribution in [2.75, 3.05) is 33.7 Å². The highest BCUT2D eigenvalue weighted by Crippen LogP contribution is 2.38. The van der Waals surface area contributed by atoms with Gasteiger partial charge in [0.25, 0.3) is 0 Å². The number of hydrogen-bond donors (Lipinski definition) is 3. The number of hydrogen-bond acceptors (Lipinski definition) is 4. The third-order valence-electron chi connectivity index (χ3n) is 4.83. The number of ether oxygens (including phenoxy) is 1. The van der Waals surface area contributed by atoms with E-state index in [2.05, 4.69) is 20.9 Å². The Balaban J connectivity index is 0.00000841. The zero-order valence-electron chi connectivity index (χ0n) is 20.0. The number of carbonyl (C=O) groups is 2. The molecule has 0 radical (unpaired) electrons. The number of nitrogens with zero attached hydrogens (tertiary/aromatic N) is 2. The van der Waals surface area contributed by atoms with Gasteiger partial charge in [0.15, 0.2) is 5.96 Å². The Morgan fingerprint density at radius 1 is 1.07 bits per heavy atom. The summed E-state index contributed by atoms with van der Waals surface area (Å²) in [5.74, 6) is 0.815. The van der Waals surface area contributed by atoms with Crippen molar-refractivity contribution in [2.45, 2.75) is 78.4 Å². The number of nitrogens with one attached hydrogen (secondary N) is 3. The highest BCUT2D eigenvalue weighted by molar-refractivity contribution is 14.0. The van der Waals surface area contributed by atoms with Crippen LogP contribution in [0.25, 0.3) is 0 Å². The monoisotopic (exact) mass is 539 g/mol. The molecule has 8 nitrogen and oxygen atoms in total. The van der Waals surface area contributed by atoms with Gasteiger partial charge in [-0.1, -0.05) is 12.8 Å². The molecular weight excluding hydrogens is 497 g/mol. The fourth-order valence-corrected chi connectivity index (χ4v) is 3.48. The lowest BCUT2D eigenvalue weighted by Gasteiger charge is -2.31. The van der Waals surface area contributed by atoms with Gasteiger partial charge in [-0.25, -0.2) is 4.79 Å². The molecule has 9 heteroatoms. The Hall–Kier alpha value is -1.26. The van der Waals surface area contributed by atoms with E-state index in [4.69, 9.17) is 4.74 Å². The molecular formula is C21H42IN5O3. The van der Waals surface area contributed by atoms with Crippen molar-refractivity contribution in [3.05, 3.63) is 0 Å². The van der Waals surface area contributed by atoms with Gasteiger partial charge in [0.05, 0.1) is 17.5 Å². The maximum atomic E-state index is 12.8. The largest absolute Gasteiger partial charge is 0.444 e. The Kier molecular flexibility index (Phi) is 11.4. The van der Waals surface area contributed by atoms with E-state index in [1.165, 1.54) is 0 Å². The van der Waals surface area contributed by atoms with Crippen molar-refractivity contribution in [3.63, 3.8) is 0 Å². The van der Waals surface area contributed by atoms with E-state index in [9.17, 15) is 9.59 Å². The number of alkyl carbamates (subject to hydrolysis) is 1. The van der Waals surface area contributed by atoms with Crippen LogP contribution in [-0.4, -0.2) is 67.7 Å². The minimum atomic E-state index is -0.574. The molecule has 176 valence electrons. The van der Waals surface area contributed by atoms with Crippen LogP contribution in [0.4, 0.5) is 4.79 Å². The zero-order chi connectivity index (χ0) is 22.3. The summed E-state index contributed by atoms with van der Waals surface area (Å²) < 4.78 is 5.33. The van der Waals surface area contributed by atoms with Crippen LogP contribution in [-0.2, 0) is 9.53 Å². The second-order valence-electron chi connectivity index (χ2n) is 9.75. The molecule has 1 saturated carbocycles. The summed E-state index contributed by atoms with van der Waals surface area (Å²) in [6.07, 6.45) is 3.46. The Morgan fingerprint density at radius 3 is 2.10 bits per heavy atom. The van der Waals surface area contributed by atoms with Gasteiger partial charge in [-0.3, -0.25) is 9.79 Å². The Labute approximate surface area is 199 Å². The number of amides is 2. The Morgan fingerprint density at radius 2 is 1.63 bits per heavy atom. The van der Waals surface area contributed by atoms with Crippen LogP contribution >= 0.6 is 24.0 Å². The van der Waals surface area contributed by atoms with Crippen LogP contribution in [0.15, 0.2) is 4.99 Å². The average Bonchev–Trinajstić information content (AvgIpc) is 3.04. The first-order chi connectivity index (χ1) is 13.3. The minimum absolute atomic E-state index is 0. The van der Waals surface area contributed by atoms with Gasteiger partial charge in [-0.15, -0.1) is 24.0 Å². The second kappa shape index (κ2) is 12.0. The lowest BCUT2D eigenvalue weighted by molar-refractivity contribution is -0.138. The van der Waals surface area contributed by atoms with Gasteiger partial charge in [0, 0.05) is 27.2 Å². The number of carbonyl (C=O) groups excluding carboxylic acids is 2. The van der Waals surface area contributed by atoms with Crippen LogP contribution in [0, 0.1) is 5.41 Å². The first-order valence-corrected chi connectivity index (χ1v) is 10.6. The number of aliphatic imine (C=N–C) groups is 1. The van der Waals surface area contributed by atoms with Gasteiger partial charge in [-0.2, -0.15) is 0 Å². The van der Waals surface area contributed by atoms with E-state index in [0.29, 0.717) is 25.6 Å². The van der Waals surface area contributed by atoms with Crippen LogP contribution in [0.1, 0.15) is 67.2 Å². The number of rotatable bonds is 7. The van der Waals surface area contributed by atoms with Crippen LogP contribution < -0.4 is 16.0 Å². The molecule has 0 aromatic heterocycles. The van der Waals surface area contributed by atoms with Gasteiger partial charge >= 0.3 is 6.09 Å². The van der Waals surface area contributed by atoms with Crippen molar-refractivity contribution >= 4 is 41.9 Å². The van der Waals surface area contributed by atoms with Crippen LogP contribution in [0.2, 0.25) is 0 Å². The predicted molar refractivity (Wildman–Crippen MR) is 132 cm³/mol. The van der Waals surface area contributed by atoms with Gasteiger partial charge in [0.1, 0.15) is 5.60 Å². The van der Waals surface area contributed by atoms with E-state index in [0.717, 1.165) is 25.7 Å². The fraction of sp³-hybridized carbons (Fsp3) is 0.857. The SMILES string of the molecule is CCNC(=NCC(C)(C)NC(=O)OC(C)(C)C)NCC1(C(=O)N(C)C)CCCC1.I. The molecule has 1 aliphatic rings. The van der Waals surface area contributed by atoms with Crippen molar-refractivity contribution in [2.24, 2.45) is 10.4 Å². The summed E-state index contributed by atoms with van der Waals surface area (Å²) >= 11 is 0. The average molecular weight is 540 g/mol. The molecule has 1 aliphatic carbocycles. The molecule has 0 aliphatic heterocycles. The Bertz CT molecular complexity index is 594. The van der Waals surface area contributed by atoms with Crippen molar-refractivity contribution in [1.82, 2.24) is 20.9 Å². The number of halogens is 1. The van der Waals surface area contributed by atoms with Gasteiger partial charge in [0.2, 0.25) is 5.91 Å². The normalized spacial score (nSPS) is 16.3. The summed E-state index contributed by atoms with van der Waals surface area (Å²) in [5.41, 5.74) is -1.49. The second-order valence-corrected chi connectivity index (χ2v) is 9.75. The molecule has 0 unspecified atom stereocenters. The van der Waals surface area contributed by atoms with Gasteiger partial charge in [-0.05, 0) is 54.4 Å². The van der Waals surface area contributed by atoms with Crippen molar-refractivity contribution < 1.29 is 14.3 Å². The maximum Gasteiger partial charge on any atom is 0.408 e. The van der Waals surface area contributed by atoms with E-state index in [1.807, 2.05) is 55.6 Å². The topological polar surface area (TPSA) is 95.1 Å². The van der Waals surface area contributed by atoms with Crippen molar-refractivity contribution in [3.8, 4) is 0 Å². The maximum absolute atomic E-state index is 12.8. The van der Waals surface area contributed by atoms with E-state index >= 15 is 0 Å². The molecule has 0 saturated heterocycles. The molecule has 0 aromatic rings. The standard InChI is InChI=1S/C21H41N5O3.HI/c1-9-22-17(23-14-20(5,6)25-18(28)29-19(2,3)4)24-15-21(12-10-11-13-21)16(27)26(7)8;/h9-15H2,1-8H3,(H,25,28)(H2,22,23,24);1H. The van der Waals surface area contributed by atoms with E-state index < -0.39 is 17.2 Å². The summed E-state index contributed by atoms with van der Waals surface area (Å²) in [4.78, 5) is 31.1. The summed E-state index contributed by atoms with van der Waals surface area (Å²) in [5, 5.41) is 9.44. The minimum Gasteiger partial charge on any atom is -0.444 e. The smallest absolute Gasteiger partial charge is 0.408 e. The molecule has 1 fully saturated rings. The van der Waals surface area contributed by atoms with Gasteiger partial charge < -0.3 is 25.6 Å². The lowest BCUT2D eigenvalue weighted by Crippen LogP contribution is -2.51. The van der Waals surface area contributed by atoms with Crippen molar-refractivity contribution in [1.29, 1.82) is 0 Å². The van der Waals surface area contributed by atoms with Crippen LogP contribution in [0.3, 0.4) is 0 Å². The quantitative estimate of drug-likeness (QED) is 0.263. The summed E-state index contributed by atoms with van der Waals surface area (Å²) in [7, 11) is 3.62. The third kappa shape index (κ3) is 9.70. The molecule has 0 spiro atoms. The van der Waals surface area contributed by atoms with E-state index in [-0.39, 0.29) is 35.3 Å². The molecule has 0 heterocycles. The molecule has 1 rings (SSSR count). The summed E-state index contributed by atoms with van der Waals surface area (Å²) in [6.45, 7) is 12.9. The number of guanidine groups is 1. The first-order valence-electron chi connectivity index (χ1n) is 10.6. The molecule has 0 aromatic carbocycles. The molecule has 30 heavy (non-hydrogen) atoms. The molecule has 3 N–H and O–H groups in total. The molecule has 0 bridgehead atoms. The zero-order valence-corrected chi connectivity index (χ0v) is 22.3. The van der Waals surface area contributed by atoms with Crippen LogP contribution in [0.5, 0.6) is 0 Å².